The van der Waals surface area contributed by atoms with Crippen LogP contribution in [-0.2, 0) is 4.74 Å². The third-order valence-electron chi connectivity index (χ3n) is 2.89. The molecular formula is C15H31NaO. The van der Waals surface area contributed by atoms with Crippen LogP contribution in [0.4, 0.5) is 0 Å². The van der Waals surface area contributed by atoms with Gasteiger partial charge < -0.3 is 11.7 Å². The number of ether oxygens (including phenoxy) is 1. The van der Waals surface area contributed by atoms with Crippen LogP contribution in [0.2, 0.25) is 0 Å². The Balaban J connectivity index is 0. The Labute approximate surface area is 131 Å². The molecule has 98 valence electrons. The normalized spacial score (nSPS) is 10.2. The fourth-order valence-corrected chi connectivity index (χ4v) is 1.86. The molecule has 0 aromatic heterocycles. The minimum atomic E-state index is 0. The zero-order valence-electron chi connectivity index (χ0n) is 12.3. The fraction of sp³-hybridized carbons (Fsp3) is 0.933. The zero-order valence-corrected chi connectivity index (χ0v) is 14.3. The molecule has 0 radical (unpaired) electrons. The van der Waals surface area contributed by atoms with Crippen LogP contribution < -0.4 is 29.6 Å². The third kappa shape index (κ3) is 19.5. The Kier molecular flexibility index (Phi) is 23.0. The minimum absolute atomic E-state index is 0. The van der Waals surface area contributed by atoms with Crippen LogP contribution >= 0.6 is 0 Å². The first kappa shape index (κ1) is 20.3. The predicted molar refractivity (Wildman–Crippen MR) is 72.6 cm³/mol. The number of hydrogen-bond acceptors (Lipinski definition) is 1. The molecule has 0 rings (SSSR count). The van der Waals surface area contributed by atoms with Crippen LogP contribution in [0.5, 0.6) is 0 Å². The second-order valence-corrected chi connectivity index (χ2v) is 4.65. The molecular weight excluding hydrogens is 219 g/mol. The predicted octanol–water partition coefficient (Wildman–Crippen LogP) is 2.15. The average molecular weight is 250 g/mol. The quantitative estimate of drug-likeness (QED) is 0.276. The van der Waals surface area contributed by atoms with Crippen LogP contribution in [0.25, 0.3) is 0 Å². The summed E-state index contributed by atoms with van der Waals surface area (Å²) >= 11 is 0. The van der Waals surface area contributed by atoms with Gasteiger partial charge in [-0.2, -0.15) is 6.42 Å². The molecule has 0 aromatic rings. The van der Waals surface area contributed by atoms with E-state index in [4.69, 9.17) is 4.74 Å². The largest absolute Gasteiger partial charge is 1.00 e. The van der Waals surface area contributed by atoms with Gasteiger partial charge in [0.05, 0.1) is 0 Å². The van der Waals surface area contributed by atoms with E-state index in [-0.39, 0.29) is 29.6 Å². The SMILES string of the molecule is [CH2-]CCCCCCCCCCCOCCC.[Na+]. The molecule has 0 saturated carbocycles. The summed E-state index contributed by atoms with van der Waals surface area (Å²) in [4.78, 5) is 0. The Hall–Kier alpha value is 0.960. The first-order valence-electron chi connectivity index (χ1n) is 7.28. The van der Waals surface area contributed by atoms with Gasteiger partial charge in [-0.25, -0.2) is 0 Å². The van der Waals surface area contributed by atoms with E-state index >= 15 is 0 Å². The summed E-state index contributed by atoms with van der Waals surface area (Å²) in [5.41, 5.74) is 0. The van der Waals surface area contributed by atoms with E-state index in [9.17, 15) is 0 Å². The number of hydrogen-bond donors (Lipinski definition) is 0. The van der Waals surface area contributed by atoms with E-state index in [1.807, 2.05) is 0 Å². The molecule has 1 nitrogen and oxygen atoms in total. The minimum Gasteiger partial charge on any atom is -0.381 e. The van der Waals surface area contributed by atoms with Gasteiger partial charge in [0.1, 0.15) is 0 Å². The molecule has 0 unspecified atom stereocenters. The molecule has 0 bridgehead atoms. The monoisotopic (exact) mass is 250 g/mol. The van der Waals surface area contributed by atoms with Gasteiger partial charge in [0.25, 0.3) is 0 Å². The smallest absolute Gasteiger partial charge is 0.381 e. The zero-order chi connectivity index (χ0) is 11.9. The van der Waals surface area contributed by atoms with E-state index in [0.29, 0.717) is 0 Å². The van der Waals surface area contributed by atoms with Gasteiger partial charge in [-0.1, -0.05) is 58.3 Å². The maximum atomic E-state index is 5.45. The molecule has 0 aliphatic rings. The molecule has 0 spiro atoms. The fourth-order valence-electron chi connectivity index (χ4n) is 1.86. The summed E-state index contributed by atoms with van der Waals surface area (Å²) < 4.78 is 5.45. The van der Waals surface area contributed by atoms with Crippen molar-refractivity contribution in [3.8, 4) is 0 Å². The molecule has 0 fully saturated rings. The third-order valence-corrected chi connectivity index (χ3v) is 2.89. The first-order chi connectivity index (χ1) is 7.91. The van der Waals surface area contributed by atoms with Crippen LogP contribution in [0.3, 0.4) is 0 Å². The Morgan fingerprint density at radius 1 is 0.706 bits per heavy atom. The molecule has 0 saturated heterocycles. The van der Waals surface area contributed by atoms with Crippen molar-refractivity contribution < 1.29 is 34.3 Å². The molecule has 0 amide bonds. The van der Waals surface area contributed by atoms with Gasteiger partial charge in [0.2, 0.25) is 0 Å². The van der Waals surface area contributed by atoms with Gasteiger partial charge in [-0.15, -0.1) is 0 Å². The summed E-state index contributed by atoms with van der Waals surface area (Å²) in [6, 6.07) is 0. The van der Waals surface area contributed by atoms with Gasteiger partial charge in [-0.05, 0) is 12.8 Å². The maximum Gasteiger partial charge on any atom is 1.00 e. The molecule has 17 heavy (non-hydrogen) atoms. The van der Waals surface area contributed by atoms with E-state index in [1.165, 1.54) is 57.8 Å². The van der Waals surface area contributed by atoms with E-state index in [2.05, 4.69) is 13.8 Å². The van der Waals surface area contributed by atoms with Crippen LogP contribution in [-0.4, -0.2) is 13.2 Å². The van der Waals surface area contributed by atoms with Crippen molar-refractivity contribution in [1.29, 1.82) is 0 Å². The van der Waals surface area contributed by atoms with E-state index < -0.39 is 0 Å². The number of unbranched alkanes of at least 4 members (excludes halogenated alkanes) is 9. The topological polar surface area (TPSA) is 9.23 Å². The molecule has 2 heteroatoms. The standard InChI is InChI=1S/C15H31O.Na/c1-3-5-6-7-8-9-10-11-12-13-15-16-14-4-2;/h1,3-15H2,2H3;/q-1;+1. The summed E-state index contributed by atoms with van der Waals surface area (Å²) in [5.74, 6) is 0. The van der Waals surface area contributed by atoms with Crippen molar-refractivity contribution in [3.05, 3.63) is 6.92 Å². The van der Waals surface area contributed by atoms with Gasteiger partial charge in [-0.3, -0.25) is 0 Å². The summed E-state index contributed by atoms with van der Waals surface area (Å²) in [7, 11) is 0. The van der Waals surface area contributed by atoms with Gasteiger partial charge in [0, 0.05) is 13.2 Å². The van der Waals surface area contributed by atoms with Crippen molar-refractivity contribution >= 4 is 0 Å². The van der Waals surface area contributed by atoms with E-state index in [0.717, 1.165) is 26.1 Å². The van der Waals surface area contributed by atoms with Crippen molar-refractivity contribution in [1.82, 2.24) is 0 Å². The Morgan fingerprint density at radius 3 is 1.65 bits per heavy atom. The Morgan fingerprint density at radius 2 is 1.18 bits per heavy atom. The first-order valence-corrected chi connectivity index (χ1v) is 7.28. The Bertz CT molecular complexity index is 103. The maximum absolute atomic E-state index is 5.45. The van der Waals surface area contributed by atoms with E-state index in [1.54, 1.807) is 0 Å². The second kappa shape index (κ2) is 19.3. The number of rotatable bonds is 13. The van der Waals surface area contributed by atoms with Crippen LogP contribution in [0.15, 0.2) is 0 Å². The molecule has 0 heterocycles. The van der Waals surface area contributed by atoms with Gasteiger partial charge >= 0.3 is 29.6 Å². The summed E-state index contributed by atoms with van der Waals surface area (Å²) in [6.45, 7) is 7.93. The molecule has 0 aliphatic heterocycles. The second-order valence-electron chi connectivity index (χ2n) is 4.65. The van der Waals surface area contributed by atoms with Crippen LogP contribution in [0.1, 0.15) is 77.6 Å². The van der Waals surface area contributed by atoms with Crippen LogP contribution in [0, 0.1) is 6.92 Å². The van der Waals surface area contributed by atoms with Crippen molar-refractivity contribution in [2.75, 3.05) is 13.2 Å². The van der Waals surface area contributed by atoms with Gasteiger partial charge in [0.15, 0.2) is 0 Å². The molecule has 0 N–H and O–H groups in total. The molecule has 0 atom stereocenters. The molecule has 0 aliphatic carbocycles. The average Bonchev–Trinajstić information content (AvgIpc) is 2.31. The van der Waals surface area contributed by atoms with Crippen molar-refractivity contribution in [2.24, 2.45) is 0 Å². The summed E-state index contributed by atoms with van der Waals surface area (Å²) in [6.07, 6.45) is 14.6. The molecule has 0 aromatic carbocycles. The van der Waals surface area contributed by atoms with Crippen molar-refractivity contribution in [3.63, 3.8) is 0 Å². The summed E-state index contributed by atoms with van der Waals surface area (Å²) in [5, 5.41) is 0. The van der Waals surface area contributed by atoms with Crippen molar-refractivity contribution in [2.45, 2.75) is 77.6 Å².